The van der Waals surface area contributed by atoms with Gasteiger partial charge in [-0.15, -0.1) is 0 Å². The molecule has 0 spiro atoms. The highest BCUT2D eigenvalue weighted by atomic mass is 16.1. The summed E-state index contributed by atoms with van der Waals surface area (Å²) < 4.78 is 0. The molecule has 0 saturated heterocycles. The molecule has 30 heavy (non-hydrogen) atoms. The minimum Gasteiger partial charge on any atom is -0.346 e. The second kappa shape index (κ2) is 7.59. The molecule has 0 bridgehead atoms. The van der Waals surface area contributed by atoms with E-state index in [0.717, 1.165) is 35.7 Å². The molecule has 3 heterocycles. The number of fused-ring (bicyclic) bond motifs is 2. The molecule has 0 unspecified atom stereocenters. The maximum Gasteiger partial charge on any atom is 0.251 e. The standard InChI is InChI=1S/C25H22N4O/c1-17-5-6-19-15-20-11-13-29(24(20)28-23(19)14-17)22-9-7-18(8-10-22)25(30)27-16-21-4-2-3-12-26-21/h2-10,12,14-15H,11,13,16H2,1H3,(H,27,30). The highest BCUT2D eigenvalue weighted by Gasteiger charge is 2.23. The number of pyridine rings is 2. The van der Waals surface area contributed by atoms with Gasteiger partial charge in [0.05, 0.1) is 17.8 Å². The number of aryl methyl sites for hydroxylation is 1. The quantitative estimate of drug-likeness (QED) is 0.551. The van der Waals surface area contributed by atoms with Crippen LogP contribution in [0.25, 0.3) is 10.9 Å². The molecular formula is C25H22N4O. The molecule has 2 aromatic heterocycles. The molecule has 5 nitrogen and oxygen atoms in total. The number of anilines is 2. The van der Waals surface area contributed by atoms with Crippen LogP contribution in [0.5, 0.6) is 0 Å². The van der Waals surface area contributed by atoms with Crippen LogP contribution < -0.4 is 10.2 Å². The van der Waals surface area contributed by atoms with Crippen LogP contribution in [0.1, 0.15) is 27.2 Å². The van der Waals surface area contributed by atoms with Gasteiger partial charge >= 0.3 is 0 Å². The van der Waals surface area contributed by atoms with Crippen molar-refractivity contribution in [3.8, 4) is 0 Å². The normalized spacial score (nSPS) is 12.8. The van der Waals surface area contributed by atoms with Crippen molar-refractivity contribution in [2.75, 3.05) is 11.4 Å². The summed E-state index contributed by atoms with van der Waals surface area (Å²) in [7, 11) is 0. The summed E-state index contributed by atoms with van der Waals surface area (Å²) in [5.41, 5.74) is 6.02. The highest BCUT2D eigenvalue weighted by Crippen LogP contribution is 2.35. The van der Waals surface area contributed by atoms with Gasteiger partial charge in [-0.25, -0.2) is 4.98 Å². The lowest BCUT2D eigenvalue weighted by Gasteiger charge is -2.19. The second-order valence-electron chi connectivity index (χ2n) is 7.62. The molecule has 1 amide bonds. The van der Waals surface area contributed by atoms with Gasteiger partial charge in [-0.05, 0) is 73.0 Å². The fraction of sp³-hybridized carbons (Fsp3) is 0.160. The number of carbonyl (C=O) groups is 1. The average molecular weight is 394 g/mol. The number of aromatic nitrogens is 2. The summed E-state index contributed by atoms with van der Waals surface area (Å²) >= 11 is 0. The van der Waals surface area contributed by atoms with Crippen molar-refractivity contribution in [2.45, 2.75) is 19.9 Å². The van der Waals surface area contributed by atoms with Crippen LogP contribution in [-0.4, -0.2) is 22.4 Å². The van der Waals surface area contributed by atoms with E-state index in [0.29, 0.717) is 12.1 Å². The maximum absolute atomic E-state index is 12.5. The molecule has 1 aliphatic rings. The SMILES string of the molecule is Cc1ccc2cc3c(nc2c1)N(c1ccc(C(=O)NCc2ccccn2)cc1)CC3. The van der Waals surface area contributed by atoms with Crippen molar-refractivity contribution >= 4 is 28.3 Å². The number of benzene rings is 2. The lowest BCUT2D eigenvalue weighted by Crippen LogP contribution is -2.23. The zero-order valence-corrected chi connectivity index (χ0v) is 16.8. The molecule has 0 saturated carbocycles. The van der Waals surface area contributed by atoms with E-state index < -0.39 is 0 Å². The van der Waals surface area contributed by atoms with Crippen LogP contribution in [-0.2, 0) is 13.0 Å². The Kier molecular flexibility index (Phi) is 4.64. The maximum atomic E-state index is 12.5. The monoisotopic (exact) mass is 394 g/mol. The number of nitrogens with one attached hydrogen (secondary N) is 1. The largest absolute Gasteiger partial charge is 0.346 e. The second-order valence-corrected chi connectivity index (χ2v) is 7.62. The summed E-state index contributed by atoms with van der Waals surface area (Å²) in [6.45, 7) is 3.39. The molecular weight excluding hydrogens is 372 g/mol. The van der Waals surface area contributed by atoms with Crippen LogP contribution in [0.15, 0.2) is 72.9 Å². The predicted molar refractivity (Wildman–Crippen MR) is 119 cm³/mol. The zero-order chi connectivity index (χ0) is 20.5. The molecule has 1 aliphatic heterocycles. The van der Waals surface area contributed by atoms with Gasteiger partial charge in [0.2, 0.25) is 0 Å². The van der Waals surface area contributed by atoms with Crippen LogP contribution in [0.4, 0.5) is 11.5 Å². The molecule has 0 atom stereocenters. The van der Waals surface area contributed by atoms with Gasteiger partial charge in [-0.3, -0.25) is 9.78 Å². The summed E-state index contributed by atoms with van der Waals surface area (Å²) in [6, 6.07) is 22.0. The van der Waals surface area contributed by atoms with E-state index in [1.54, 1.807) is 6.20 Å². The number of amides is 1. The Balaban J connectivity index is 1.35. The van der Waals surface area contributed by atoms with E-state index in [4.69, 9.17) is 4.98 Å². The Hall–Kier alpha value is -3.73. The molecule has 4 aromatic rings. The van der Waals surface area contributed by atoms with E-state index in [1.807, 2.05) is 42.5 Å². The number of nitrogens with zero attached hydrogens (tertiary/aromatic N) is 3. The minimum atomic E-state index is -0.103. The molecule has 0 fully saturated rings. The number of rotatable bonds is 4. The van der Waals surface area contributed by atoms with Gasteiger partial charge in [0.25, 0.3) is 5.91 Å². The van der Waals surface area contributed by atoms with E-state index >= 15 is 0 Å². The van der Waals surface area contributed by atoms with Crippen molar-refractivity contribution < 1.29 is 4.79 Å². The third-order valence-electron chi connectivity index (χ3n) is 5.49. The van der Waals surface area contributed by atoms with Gasteiger partial charge < -0.3 is 10.2 Å². The van der Waals surface area contributed by atoms with Gasteiger partial charge in [0.1, 0.15) is 5.82 Å². The Morgan fingerprint density at radius 2 is 1.93 bits per heavy atom. The average Bonchev–Trinajstić information content (AvgIpc) is 3.19. The predicted octanol–water partition coefficient (Wildman–Crippen LogP) is 4.56. The molecule has 148 valence electrons. The van der Waals surface area contributed by atoms with Gasteiger partial charge in [0, 0.05) is 29.4 Å². The topological polar surface area (TPSA) is 58.1 Å². The van der Waals surface area contributed by atoms with Crippen molar-refractivity contribution in [3.05, 3.63) is 95.3 Å². The zero-order valence-electron chi connectivity index (χ0n) is 16.8. The number of carbonyl (C=O) groups excluding carboxylic acids is 1. The van der Waals surface area contributed by atoms with Crippen LogP contribution in [0.3, 0.4) is 0 Å². The Bertz CT molecular complexity index is 1220. The van der Waals surface area contributed by atoms with E-state index in [9.17, 15) is 4.79 Å². The summed E-state index contributed by atoms with van der Waals surface area (Å²) in [5.74, 6) is 0.911. The third kappa shape index (κ3) is 3.50. The summed E-state index contributed by atoms with van der Waals surface area (Å²) in [6.07, 6.45) is 2.70. The first-order chi connectivity index (χ1) is 14.7. The summed E-state index contributed by atoms with van der Waals surface area (Å²) in [4.78, 5) is 23.9. The van der Waals surface area contributed by atoms with Gasteiger partial charge in [-0.1, -0.05) is 18.2 Å². The fourth-order valence-electron chi connectivity index (χ4n) is 3.89. The first-order valence-corrected chi connectivity index (χ1v) is 10.1. The first-order valence-electron chi connectivity index (χ1n) is 10.1. The van der Waals surface area contributed by atoms with E-state index in [1.165, 1.54) is 16.5 Å². The van der Waals surface area contributed by atoms with Crippen LogP contribution in [0.2, 0.25) is 0 Å². The van der Waals surface area contributed by atoms with Crippen molar-refractivity contribution in [1.82, 2.24) is 15.3 Å². The molecule has 0 aliphatic carbocycles. The molecule has 1 N–H and O–H groups in total. The van der Waals surface area contributed by atoms with Crippen molar-refractivity contribution in [2.24, 2.45) is 0 Å². The lowest BCUT2D eigenvalue weighted by molar-refractivity contribution is 0.0950. The Morgan fingerprint density at radius 3 is 2.73 bits per heavy atom. The first kappa shape index (κ1) is 18.3. The number of hydrogen-bond acceptors (Lipinski definition) is 4. The van der Waals surface area contributed by atoms with Crippen LogP contribution in [0, 0.1) is 6.92 Å². The Morgan fingerprint density at radius 1 is 1.07 bits per heavy atom. The fourth-order valence-corrected chi connectivity index (χ4v) is 3.89. The highest BCUT2D eigenvalue weighted by molar-refractivity contribution is 5.94. The minimum absolute atomic E-state index is 0.103. The molecule has 5 rings (SSSR count). The summed E-state index contributed by atoms with van der Waals surface area (Å²) in [5, 5.41) is 4.10. The van der Waals surface area contributed by atoms with Crippen molar-refractivity contribution in [3.63, 3.8) is 0 Å². The van der Waals surface area contributed by atoms with E-state index in [2.05, 4.69) is 46.4 Å². The molecule has 5 heteroatoms. The molecule has 0 radical (unpaired) electrons. The Labute approximate surface area is 175 Å². The van der Waals surface area contributed by atoms with E-state index in [-0.39, 0.29) is 5.91 Å². The smallest absolute Gasteiger partial charge is 0.251 e. The van der Waals surface area contributed by atoms with Gasteiger partial charge in [0.15, 0.2) is 0 Å². The van der Waals surface area contributed by atoms with Crippen LogP contribution >= 0.6 is 0 Å². The third-order valence-corrected chi connectivity index (χ3v) is 5.49. The number of hydrogen-bond donors (Lipinski definition) is 1. The lowest BCUT2D eigenvalue weighted by atomic mass is 10.1. The van der Waals surface area contributed by atoms with Crippen molar-refractivity contribution in [1.29, 1.82) is 0 Å². The molecule has 2 aromatic carbocycles. The van der Waals surface area contributed by atoms with Gasteiger partial charge in [-0.2, -0.15) is 0 Å².